The second-order valence-corrected chi connectivity index (χ2v) is 5.45. The highest BCUT2D eigenvalue weighted by molar-refractivity contribution is 7.99. The van der Waals surface area contributed by atoms with E-state index in [-0.39, 0.29) is 24.2 Å². The number of carboxylic acid groups (broad SMARTS) is 1. The van der Waals surface area contributed by atoms with E-state index in [1.165, 1.54) is 10.9 Å². The van der Waals surface area contributed by atoms with Gasteiger partial charge in [-0.3, -0.25) is 4.79 Å². The number of rotatable bonds is 8. The molecule has 0 bridgehead atoms. The lowest BCUT2D eigenvalue weighted by Gasteiger charge is -2.13. The van der Waals surface area contributed by atoms with Gasteiger partial charge in [-0.2, -0.15) is 11.8 Å². The number of thioether (sulfide) groups is 1. The molecule has 0 spiro atoms. The zero-order valence-electron chi connectivity index (χ0n) is 11.0. The van der Waals surface area contributed by atoms with Crippen molar-refractivity contribution in [3.8, 4) is 0 Å². The van der Waals surface area contributed by atoms with Crippen LogP contribution in [0.5, 0.6) is 0 Å². The van der Waals surface area contributed by atoms with Crippen molar-refractivity contribution in [3.05, 3.63) is 11.9 Å². The van der Waals surface area contributed by atoms with Gasteiger partial charge in [0.05, 0.1) is 6.20 Å². The van der Waals surface area contributed by atoms with Crippen LogP contribution in [0, 0.1) is 0 Å². The summed E-state index contributed by atoms with van der Waals surface area (Å²) in [5.74, 6) is 0.717. The first-order valence-electron chi connectivity index (χ1n) is 6.03. The smallest absolute Gasteiger partial charge is 0.358 e. The Morgan fingerprint density at radius 2 is 2.32 bits per heavy atom. The lowest BCUT2D eigenvalue weighted by molar-refractivity contribution is -0.122. The molecule has 0 saturated carbocycles. The molecule has 1 aromatic rings. The predicted octanol–water partition coefficient (Wildman–Crippen LogP) is 0.624. The molecule has 0 aliphatic carbocycles. The van der Waals surface area contributed by atoms with Gasteiger partial charge >= 0.3 is 5.97 Å². The number of nitrogens with one attached hydrogen (secondary N) is 1. The van der Waals surface area contributed by atoms with E-state index in [0.29, 0.717) is 0 Å². The van der Waals surface area contributed by atoms with E-state index in [1.807, 2.05) is 18.7 Å². The van der Waals surface area contributed by atoms with E-state index in [9.17, 15) is 9.59 Å². The highest BCUT2D eigenvalue weighted by Crippen LogP contribution is 2.03. The van der Waals surface area contributed by atoms with Crippen LogP contribution < -0.4 is 5.32 Å². The van der Waals surface area contributed by atoms with Gasteiger partial charge in [0.2, 0.25) is 5.91 Å². The van der Waals surface area contributed by atoms with Gasteiger partial charge in [0.25, 0.3) is 0 Å². The number of aromatic nitrogens is 3. The predicted molar refractivity (Wildman–Crippen MR) is 72.2 cm³/mol. The minimum Gasteiger partial charge on any atom is -0.476 e. The van der Waals surface area contributed by atoms with Crippen LogP contribution in [0.15, 0.2) is 6.20 Å². The van der Waals surface area contributed by atoms with Crippen LogP contribution in [0.25, 0.3) is 0 Å². The number of carbonyl (C=O) groups is 2. The summed E-state index contributed by atoms with van der Waals surface area (Å²) in [5, 5.41) is 18.5. The van der Waals surface area contributed by atoms with Crippen LogP contribution in [0.3, 0.4) is 0 Å². The molecule has 1 atom stereocenters. The summed E-state index contributed by atoms with van der Waals surface area (Å²) in [6.45, 7) is 4.02. The molecule has 1 heterocycles. The molecule has 0 aliphatic rings. The molecule has 2 N–H and O–H groups in total. The summed E-state index contributed by atoms with van der Waals surface area (Å²) >= 11 is 1.83. The lowest BCUT2D eigenvalue weighted by atomic mass is 10.2. The Morgan fingerprint density at radius 1 is 1.58 bits per heavy atom. The number of amides is 1. The Bertz CT molecular complexity index is 435. The molecule has 1 rings (SSSR count). The quantitative estimate of drug-likeness (QED) is 0.680. The van der Waals surface area contributed by atoms with E-state index >= 15 is 0 Å². The molecule has 1 aromatic heterocycles. The number of nitrogens with zero attached hydrogens (tertiary/aromatic N) is 3. The summed E-state index contributed by atoms with van der Waals surface area (Å²) < 4.78 is 1.21. The molecule has 0 aromatic carbocycles. The number of carbonyl (C=O) groups excluding carboxylic acids is 1. The fraction of sp³-hybridized carbons (Fsp3) is 0.636. The monoisotopic (exact) mass is 286 g/mol. The molecule has 1 unspecified atom stereocenters. The average Bonchev–Trinajstić information content (AvgIpc) is 2.77. The van der Waals surface area contributed by atoms with Crippen molar-refractivity contribution in [1.82, 2.24) is 20.3 Å². The molecular formula is C11H18N4O3S. The molecule has 0 radical (unpaired) electrons. The Hall–Kier alpha value is -1.57. The molecule has 0 saturated heterocycles. The van der Waals surface area contributed by atoms with Crippen LogP contribution >= 0.6 is 11.8 Å². The van der Waals surface area contributed by atoms with Crippen molar-refractivity contribution in [2.24, 2.45) is 0 Å². The highest BCUT2D eigenvalue weighted by atomic mass is 32.2. The van der Waals surface area contributed by atoms with Crippen molar-refractivity contribution in [2.45, 2.75) is 32.9 Å². The first kappa shape index (κ1) is 15.5. The summed E-state index contributed by atoms with van der Waals surface area (Å²) in [6, 6.07) is 0.0917. The van der Waals surface area contributed by atoms with Gasteiger partial charge in [-0.05, 0) is 24.9 Å². The van der Waals surface area contributed by atoms with Crippen LogP contribution in [-0.2, 0) is 11.3 Å². The third kappa shape index (κ3) is 5.73. The second kappa shape index (κ2) is 7.78. The van der Waals surface area contributed by atoms with Crippen LogP contribution in [0.1, 0.15) is 30.8 Å². The molecule has 106 valence electrons. The fourth-order valence-electron chi connectivity index (χ4n) is 1.42. The number of carboxylic acids is 1. The molecule has 1 amide bonds. The van der Waals surface area contributed by atoms with E-state index in [2.05, 4.69) is 22.6 Å². The second-order valence-electron chi connectivity index (χ2n) is 4.06. The molecule has 0 fully saturated rings. The zero-order chi connectivity index (χ0) is 14.3. The minimum atomic E-state index is -1.16. The molecular weight excluding hydrogens is 268 g/mol. The van der Waals surface area contributed by atoms with Gasteiger partial charge in [-0.25, -0.2) is 9.48 Å². The van der Waals surface area contributed by atoms with Crippen molar-refractivity contribution in [2.75, 3.05) is 11.5 Å². The number of aromatic carboxylic acids is 1. The van der Waals surface area contributed by atoms with Crippen LogP contribution in [0.4, 0.5) is 0 Å². The lowest BCUT2D eigenvalue weighted by Crippen LogP contribution is -2.35. The minimum absolute atomic E-state index is 0.0223. The van der Waals surface area contributed by atoms with Gasteiger partial charge in [-0.15, -0.1) is 5.10 Å². The third-order valence-corrected chi connectivity index (χ3v) is 3.30. The molecule has 7 nitrogen and oxygen atoms in total. The summed E-state index contributed by atoms with van der Waals surface area (Å²) in [7, 11) is 0. The maximum Gasteiger partial charge on any atom is 0.358 e. The number of hydrogen-bond acceptors (Lipinski definition) is 5. The van der Waals surface area contributed by atoms with E-state index in [4.69, 9.17) is 5.11 Å². The normalized spacial score (nSPS) is 12.1. The van der Waals surface area contributed by atoms with Gasteiger partial charge in [0.1, 0.15) is 6.54 Å². The van der Waals surface area contributed by atoms with Crippen molar-refractivity contribution in [3.63, 3.8) is 0 Å². The van der Waals surface area contributed by atoms with Crippen LogP contribution in [-0.4, -0.2) is 49.5 Å². The molecule has 8 heteroatoms. The van der Waals surface area contributed by atoms with Gasteiger partial charge in [0, 0.05) is 6.04 Å². The standard InChI is InChI=1S/C11H18N4O3S/c1-3-19-5-4-8(2)12-10(16)7-15-6-9(11(17)18)13-14-15/h6,8H,3-5,7H2,1-2H3,(H,12,16)(H,17,18). The Kier molecular flexibility index (Phi) is 6.34. The van der Waals surface area contributed by atoms with Crippen molar-refractivity contribution >= 4 is 23.6 Å². The maximum absolute atomic E-state index is 11.7. The van der Waals surface area contributed by atoms with Gasteiger partial charge < -0.3 is 10.4 Å². The maximum atomic E-state index is 11.7. The van der Waals surface area contributed by atoms with Crippen molar-refractivity contribution in [1.29, 1.82) is 0 Å². The summed E-state index contributed by atoms with van der Waals surface area (Å²) in [5.41, 5.74) is -0.166. The van der Waals surface area contributed by atoms with Gasteiger partial charge in [-0.1, -0.05) is 12.1 Å². The molecule has 19 heavy (non-hydrogen) atoms. The Labute approximate surface area is 115 Å². The highest BCUT2D eigenvalue weighted by Gasteiger charge is 2.12. The average molecular weight is 286 g/mol. The van der Waals surface area contributed by atoms with Gasteiger partial charge in [0.15, 0.2) is 5.69 Å². The first-order valence-corrected chi connectivity index (χ1v) is 7.19. The van der Waals surface area contributed by atoms with Crippen molar-refractivity contribution < 1.29 is 14.7 Å². The van der Waals surface area contributed by atoms with E-state index < -0.39 is 5.97 Å². The van der Waals surface area contributed by atoms with Crippen LogP contribution in [0.2, 0.25) is 0 Å². The third-order valence-electron chi connectivity index (χ3n) is 2.37. The van der Waals surface area contributed by atoms with E-state index in [0.717, 1.165) is 17.9 Å². The summed E-state index contributed by atoms with van der Waals surface area (Å²) in [6.07, 6.45) is 2.14. The molecule has 0 aliphatic heterocycles. The van der Waals surface area contributed by atoms with E-state index in [1.54, 1.807) is 0 Å². The SMILES string of the molecule is CCSCCC(C)NC(=O)Cn1cc(C(=O)O)nn1. The largest absolute Gasteiger partial charge is 0.476 e. The first-order chi connectivity index (χ1) is 9.02. The summed E-state index contributed by atoms with van der Waals surface area (Å²) in [4.78, 5) is 22.3. The topological polar surface area (TPSA) is 97.1 Å². The Morgan fingerprint density at radius 3 is 2.89 bits per heavy atom. The fourth-order valence-corrected chi connectivity index (χ4v) is 2.23. The number of hydrogen-bond donors (Lipinski definition) is 2. The Balaban J connectivity index is 2.35. The zero-order valence-corrected chi connectivity index (χ0v) is 11.8.